The molecular formula is C35H37ClFN3O4S. The van der Waals surface area contributed by atoms with Gasteiger partial charge in [0, 0.05) is 29.6 Å². The van der Waals surface area contributed by atoms with Crippen molar-refractivity contribution in [1.82, 2.24) is 10.2 Å². The zero-order valence-corrected chi connectivity index (χ0v) is 27.1. The van der Waals surface area contributed by atoms with Gasteiger partial charge in [0.25, 0.3) is 10.0 Å². The second-order valence-electron chi connectivity index (χ2n) is 10.9. The largest absolute Gasteiger partial charge is 0.352 e. The molecule has 0 saturated heterocycles. The number of nitrogens with zero attached hydrogens (tertiary/aromatic N) is 2. The van der Waals surface area contributed by atoms with Crippen LogP contribution in [-0.4, -0.2) is 43.8 Å². The SMILES string of the molecule is CC[C@@H](C)NC(=O)[C@H](Cc1ccccc1)N(Cc1ccccc1F)C(=O)CN(c1cc(Cl)ccc1C)S(=O)(=O)c1ccccc1. The molecule has 0 aliphatic rings. The van der Waals surface area contributed by atoms with Crippen LogP contribution in [0.25, 0.3) is 0 Å². The second kappa shape index (κ2) is 15.2. The third-order valence-electron chi connectivity index (χ3n) is 7.62. The summed E-state index contributed by atoms with van der Waals surface area (Å²) in [5, 5.41) is 3.25. The van der Waals surface area contributed by atoms with E-state index < -0.39 is 40.2 Å². The Hall–Kier alpha value is -4.21. The first-order valence-corrected chi connectivity index (χ1v) is 16.5. The molecule has 0 radical (unpaired) electrons. The summed E-state index contributed by atoms with van der Waals surface area (Å²) >= 11 is 6.31. The van der Waals surface area contributed by atoms with Gasteiger partial charge < -0.3 is 10.2 Å². The van der Waals surface area contributed by atoms with Crippen LogP contribution in [0.1, 0.15) is 37.0 Å². The number of aryl methyl sites for hydroxylation is 1. The molecule has 10 heteroatoms. The van der Waals surface area contributed by atoms with Gasteiger partial charge in [0.1, 0.15) is 18.4 Å². The fourth-order valence-corrected chi connectivity index (χ4v) is 6.55. The van der Waals surface area contributed by atoms with E-state index in [1.165, 1.54) is 35.2 Å². The summed E-state index contributed by atoms with van der Waals surface area (Å²) in [4.78, 5) is 29.6. The summed E-state index contributed by atoms with van der Waals surface area (Å²) < 4.78 is 44.3. The Bertz CT molecular complexity index is 1720. The third kappa shape index (κ3) is 8.49. The monoisotopic (exact) mass is 649 g/mol. The highest BCUT2D eigenvalue weighted by atomic mass is 35.5. The number of hydrogen-bond acceptors (Lipinski definition) is 4. The topological polar surface area (TPSA) is 86.8 Å². The van der Waals surface area contributed by atoms with E-state index >= 15 is 4.39 Å². The Balaban J connectivity index is 1.84. The summed E-state index contributed by atoms with van der Waals surface area (Å²) in [6.07, 6.45) is 0.785. The van der Waals surface area contributed by atoms with Crippen LogP contribution in [0, 0.1) is 12.7 Å². The molecule has 0 heterocycles. The van der Waals surface area contributed by atoms with Gasteiger partial charge in [-0.05, 0) is 61.7 Å². The summed E-state index contributed by atoms with van der Waals surface area (Å²) in [6, 6.07) is 26.5. The highest BCUT2D eigenvalue weighted by Crippen LogP contribution is 2.30. The van der Waals surface area contributed by atoms with Gasteiger partial charge >= 0.3 is 0 Å². The van der Waals surface area contributed by atoms with Crippen LogP contribution < -0.4 is 9.62 Å². The van der Waals surface area contributed by atoms with E-state index in [2.05, 4.69) is 5.32 Å². The minimum Gasteiger partial charge on any atom is -0.352 e. The van der Waals surface area contributed by atoms with Gasteiger partial charge in [0.2, 0.25) is 11.8 Å². The fraction of sp³-hybridized carbons (Fsp3) is 0.257. The Morgan fingerprint density at radius 1 is 0.911 bits per heavy atom. The van der Waals surface area contributed by atoms with Crippen molar-refractivity contribution in [3.8, 4) is 0 Å². The highest BCUT2D eigenvalue weighted by Gasteiger charge is 2.35. The average Bonchev–Trinajstić information content (AvgIpc) is 3.04. The Labute approximate surface area is 269 Å². The van der Waals surface area contributed by atoms with E-state index in [1.54, 1.807) is 49.4 Å². The summed E-state index contributed by atoms with van der Waals surface area (Å²) in [6.45, 7) is 4.59. The maximum Gasteiger partial charge on any atom is 0.264 e. The molecule has 0 aliphatic carbocycles. The predicted octanol–water partition coefficient (Wildman–Crippen LogP) is 6.54. The molecule has 2 amide bonds. The van der Waals surface area contributed by atoms with Crippen molar-refractivity contribution in [1.29, 1.82) is 0 Å². The molecule has 0 spiro atoms. The first-order valence-electron chi connectivity index (χ1n) is 14.7. The molecular weight excluding hydrogens is 613 g/mol. The standard InChI is InChI=1S/C35H37ClFN3O4S/c1-4-26(3)38-35(42)33(21-27-13-7-5-8-14-27)39(23-28-15-11-12-18-31(28)37)34(41)24-40(32-22-29(36)20-19-25(32)2)45(43,44)30-16-9-6-10-17-30/h5-20,22,26,33H,4,21,23-24H2,1-3H3,(H,38,42)/t26-,33+/m1/s1. The molecule has 0 unspecified atom stereocenters. The van der Waals surface area contributed by atoms with Crippen LogP contribution in [0.3, 0.4) is 0 Å². The lowest BCUT2D eigenvalue weighted by atomic mass is 10.0. The van der Waals surface area contributed by atoms with Gasteiger partial charge in [-0.2, -0.15) is 0 Å². The number of carbonyl (C=O) groups is 2. The van der Waals surface area contributed by atoms with Crippen LogP contribution in [0.4, 0.5) is 10.1 Å². The molecule has 4 rings (SSSR count). The number of anilines is 1. The highest BCUT2D eigenvalue weighted by molar-refractivity contribution is 7.92. The average molecular weight is 650 g/mol. The summed E-state index contributed by atoms with van der Waals surface area (Å²) in [5.74, 6) is -1.65. The molecule has 4 aromatic rings. The fourth-order valence-electron chi connectivity index (χ4n) is 4.89. The van der Waals surface area contributed by atoms with Crippen molar-refractivity contribution in [2.45, 2.75) is 57.1 Å². The number of amides is 2. The minimum atomic E-state index is -4.28. The summed E-state index contributed by atoms with van der Waals surface area (Å²) in [5.41, 5.74) is 1.76. The molecule has 0 bridgehead atoms. The molecule has 236 valence electrons. The third-order valence-corrected chi connectivity index (χ3v) is 9.63. The number of carbonyl (C=O) groups excluding carboxylic acids is 2. The van der Waals surface area contributed by atoms with Gasteiger partial charge in [-0.3, -0.25) is 13.9 Å². The van der Waals surface area contributed by atoms with Gasteiger partial charge in [0.05, 0.1) is 10.6 Å². The normalized spacial score (nSPS) is 12.6. The molecule has 4 aromatic carbocycles. The zero-order valence-electron chi connectivity index (χ0n) is 25.5. The van der Waals surface area contributed by atoms with E-state index in [0.29, 0.717) is 12.0 Å². The number of sulfonamides is 1. The number of hydrogen-bond donors (Lipinski definition) is 1. The van der Waals surface area contributed by atoms with Crippen LogP contribution in [0.5, 0.6) is 0 Å². The van der Waals surface area contributed by atoms with Gasteiger partial charge in [-0.25, -0.2) is 12.8 Å². The molecule has 1 N–H and O–H groups in total. The van der Waals surface area contributed by atoms with Crippen molar-refractivity contribution in [2.75, 3.05) is 10.8 Å². The first-order chi connectivity index (χ1) is 21.5. The molecule has 0 saturated carbocycles. The number of benzene rings is 4. The molecule has 0 fully saturated rings. The lowest BCUT2D eigenvalue weighted by Crippen LogP contribution is -2.54. The minimum absolute atomic E-state index is 0.0202. The Morgan fingerprint density at radius 3 is 2.18 bits per heavy atom. The van der Waals surface area contributed by atoms with Crippen molar-refractivity contribution in [2.24, 2.45) is 0 Å². The molecule has 45 heavy (non-hydrogen) atoms. The Kier molecular flexibility index (Phi) is 11.4. The first kappa shape index (κ1) is 33.7. The van der Waals surface area contributed by atoms with E-state index in [1.807, 2.05) is 44.2 Å². The van der Waals surface area contributed by atoms with Crippen molar-refractivity contribution in [3.63, 3.8) is 0 Å². The number of rotatable bonds is 13. The lowest BCUT2D eigenvalue weighted by Gasteiger charge is -2.34. The zero-order chi connectivity index (χ0) is 32.6. The lowest BCUT2D eigenvalue weighted by molar-refractivity contribution is -0.140. The van der Waals surface area contributed by atoms with Crippen LogP contribution in [0.15, 0.2) is 108 Å². The van der Waals surface area contributed by atoms with E-state index in [0.717, 1.165) is 9.87 Å². The quantitative estimate of drug-likeness (QED) is 0.178. The van der Waals surface area contributed by atoms with Crippen molar-refractivity contribution >= 4 is 39.1 Å². The van der Waals surface area contributed by atoms with Crippen molar-refractivity contribution in [3.05, 3.63) is 131 Å². The van der Waals surface area contributed by atoms with Crippen LogP contribution in [0.2, 0.25) is 5.02 Å². The van der Waals surface area contributed by atoms with Crippen LogP contribution in [-0.2, 0) is 32.6 Å². The predicted molar refractivity (Wildman–Crippen MR) is 176 cm³/mol. The molecule has 0 aromatic heterocycles. The Morgan fingerprint density at radius 2 is 1.53 bits per heavy atom. The van der Waals surface area contributed by atoms with E-state index in [9.17, 15) is 18.0 Å². The number of nitrogens with one attached hydrogen (secondary N) is 1. The van der Waals surface area contributed by atoms with Crippen molar-refractivity contribution < 1.29 is 22.4 Å². The maximum absolute atomic E-state index is 15.0. The maximum atomic E-state index is 15.0. The van der Waals surface area contributed by atoms with Gasteiger partial charge in [-0.15, -0.1) is 0 Å². The molecule has 2 atom stereocenters. The van der Waals surface area contributed by atoms with E-state index in [4.69, 9.17) is 11.6 Å². The van der Waals surface area contributed by atoms with Gasteiger partial charge in [-0.1, -0.05) is 91.3 Å². The van der Waals surface area contributed by atoms with E-state index in [-0.39, 0.29) is 40.2 Å². The molecule has 7 nitrogen and oxygen atoms in total. The van der Waals surface area contributed by atoms with Crippen LogP contribution >= 0.6 is 11.6 Å². The molecule has 0 aliphatic heterocycles. The van der Waals surface area contributed by atoms with Gasteiger partial charge in [0.15, 0.2) is 0 Å². The smallest absolute Gasteiger partial charge is 0.264 e. The summed E-state index contributed by atoms with van der Waals surface area (Å²) in [7, 11) is -4.28. The second-order valence-corrected chi connectivity index (χ2v) is 13.2. The number of halogens is 2.